The summed E-state index contributed by atoms with van der Waals surface area (Å²) in [7, 11) is 0. The lowest BCUT2D eigenvalue weighted by Crippen LogP contribution is -2.51. The Balaban J connectivity index is 1.45. The Labute approximate surface area is 212 Å². The van der Waals surface area contributed by atoms with E-state index in [9.17, 15) is 14.4 Å². The summed E-state index contributed by atoms with van der Waals surface area (Å²) in [4.78, 5) is 38.7. The Morgan fingerprint density at radius 3 is 2.57 bits per heavy atom. The third-order valence-corrected chi connectivity index (χ3v) is 6.09. The molecular formula is C29H25NO7. The number of hydrogen-bond acceptors (Lipinski definition) is 7. The molecule has 1 aliphatic rings. The van der Waals surface area contributed by atoms with Crippen molar-refractivity contribution in [3.63, 3.8) is 0 Å². The Hall–Kier alpha value is -4.43. The first-order chi connectivity index (χ1) is 18.0. The Kier molecular flexibility index (Phi) is 6.74. The normalized spacial score (nSPS) is 16.1. The van der Waals surface area contributed by atoms with Crippen LogP contribution in [0.25, 0.3) is 11.0 Å². The predicted octanol–water partition coefficient (Wildman–Crippen LogP) is 4.50. The molecule has 1 aliphatic heterocycles. The minimum absolute atomic E-state index is 0.00873. The number of anilines is 1. The zero-order valence-electron chi connectivity index (χ0n) is 20.2. The van der Waals surface area contributed by atoms with Gasteiger partial charge in [0.2, 0.25) is 11.4 Å². The molecule has 1 aromatic heterocycles. The maximum atomic E-state index is 13.8. The van der Waals surface area contributed by atoms with Crippen molar-refractivity contribution < 1.29 is 28.2 Å². The summed E-state index contributed by atoms with van der Waals surface area (Å²) in [5.74, 6) is -0.863. The van der Waals surface area contributed by atoms with Crippen LogP contribution in [0.1, 0.15) is 28.6 Å². The van der Waals surface area contributed by atoms with Crippen LogP contribution in [0.15, 0.2) is 88.1 Å². The molecule has 0 saturated carbocycles. The van der Waals surface area contributed by atoms with E-state index < -0.39 is 22.9 Å². The smallest absolute Gasteiger partial charge is 0.374 e. The molecule has 8 heteroatoms. The summed E-state index contributed by atoms with van der Waals surface area (Å²) in [5, 5.41) is 3.07. The third kappa shape index (κ3) is 4.96. The molecule has 4 aromatic rings. The summed E-state index contributed by atoms with van der Waals surface area (Å²) >= 11 is 0. The van der Waals surface area contributed by atoms with Crippen LogP contribution in [-0.4, -0.2) is 30.7 Å². The second kappa shape index (κ2) is 10.3. The molecule has 1 unspecified atom stereocenters. The van der Waals surface area contributed by atoms with Crippen molar-refractivity contribution in [2.75, 3.05) is 18.5 Å². The third-order valence-electron chi connectivity index (χ3n) is 6.09. The minimum Gasteiger partial charge on any atom is -0.474 e. The fourth-order valence-electron chi connectivity index (χ4n) is 4.30. The van der Waals surface area contributed by atoms with E-state index in [-0.39, 0.29) is 35.6 Å². The van der Waals surface area contributed by atoms with Gasteiger partial charge in [0.1, 0.15) is 5.75 Å². The highest BCUT2D eigenvalue weighted by Crippen LogP contribution is 2.37. The van der Waals surface area contributed by atoms with E-state index in [1.54, 1.807) is 25.1 Å². The molecule has 188 valence electrons. The molecular weight excluding hydrogens is 474 g/mol. The molecule has 1 amide bonds. The van der Waals surface area contributed by atoms with Crippen LogP contribution in [0, 0.1) is 0 Å². The van der Waals surface area contributed by atoms with Crippen molar-refractivity contribution in [1.82, 2.24) is 0 Å². The number of hydrogen-bond donors (Lipinski definition) is 1. The van der Waals surface area contributed by atoms with Crippen molar-refractivity contribution in [1.29, 1.82) is 0 Å². The van der Waals surface area contributed by atoms with Crippen LogP contribution in [0.5, 0.6) is 5.75 Å². The average Bonchev–Trinajstić information content (AvgIpc) is 3.29. The summed E-state index contributed by atoms with van der Waals surface area (Å²) in [6.07, 6.45) is 0.298. The quantitative estimate of drug-likeness (QED) is 0.356. The fourth-order valence-corrected chi connectivity index (χ4v) is 4.30. The molecule has 1 atom stereocenters. The van der Waals surface area contributed by atoms with Gasteiger partial charge < -0.3 is 23.9 Å². The van der Waals surface area contributed by atoms with Crippen molar-refractivity contribution in [2.24, 2.45) is 0 Å². The molecule has 3 aromatic carbocycles. The molecule has 2 heterocycles. The number of benzene rings is 3. The SMILES string of the molecule is CCOC(=O)c1cc(=O)c2cccc(NC(=O)C3(COCc4ccccc4)Cc4ccccc4O3)c2o1. The Morgan fingerprint density at radius 2 is 1.78 bits per heavy atom. The number of amides is 1. The largest absolute Gasteiger partial charge is 0.474 e. The predicted molar refractivity (Wildman–Crippen MR) is 137 cm³/mol. The maximum Gasteiger partial charge on any atom is 0.374 e. The van der Waals surface area contributed by atoms with Crippen LogP contribution >= 0.6 is 0 Å². The molecule has 37 heavy (non-hydrogen) atoms. The lowest BCUT2D eigenvalue weighted by molar-refractivity contribution is -0.135. The van der Waals surface area contributed by atoms with Crippen LogP contribution in [0.4, 0.5) is 5.69 Å². The van der Waals surface area contributed by atoms with E-state index in [0.29, 0.717) is 18.8 Å². The van der Waals surface area contributed by atoms with Gasteiger partial charge in [-0.05, 0) is 36.2 Å². The van der Waals surface area contributed by atoms with Gasteiger partial charge in [-0.2, -0.15) is 0 Å². The van der Waals surface area contributed by atoms with Gasteiger partial charge in [-0.3, -0.25) is 9.59 Å². The number of nitrogens with one attached hydrogen (secondary N) is 1. The molecule has 0 bridgehead atoms. The van der Waals surface area contributed by atoms with Gasteiger partial charge in [0.15, 0.2) is 11.0 Å². The van der Waals surface area contributed by atoms with Crippen LogP contribution in [0.3, 0.4) is 0 Å². The van der Waals surface area contributed by atoms with E-state index in [2.05, 4.69) is 5.32 Å². The van der Waals surface area contributed by atoms with Gasteiger partial charge in [0, 0.05) is 12.5 Å². The maximum absolute atomic E-state index is 13.8. The topological polar surface area (TPSA) is 104 Å². The molecule has 0 radical (unpaired) electrons. The summed E-state index contributed by atoms with van der Waals surface area (Å²) in [6.45, 7) is 2.08. The molecule has 0 spiro atoms. The Morgan fingerprint density at radius 1 is 1.00 bits per heavy atom. The molecule has 1 N–H and O–H groups in total. The number of rotatable bonds is 8. The van der Waals surface area contributed by atoms with Crippen molar-refractivity contribution in [3.8, 4) is 5.75 Å². The minimum atomic E-state index is -1.35. The lowest BCUT2D eigenvalue weighted by atomic mass is 9.96. The number of ether oxygens (including phenoxy) is 3. The summed E-state index contributed by atoms with van der Waals surface area (Å²) in [5.41, 5.74) is 0.381. The number of fused-ring (bicyclic) bond motifs is 2. The van der Waals surface area contributed by atoms with Gasteiger partial charge in [0.25, 0.3) is 5.91 Å². The van der Waals surface area contributed by atoms with Crippen LogP contribution in [-0.2, 0) is 27.3 Å². The highest BCUT2D eigenvalue weighted by molar-refractivity contribution is 6.04. The summed E-state index contributed by atoms with van der Waals surface area (Å²) < 4.78 is 22.8. The zero-order valence-corrected chi connectivity index (χ0v) is 20.2. The molecule has 0 fully saturated rings. The number of esters is 1. The number of carbonyl (C=O) groups is 2. The highest BCUT2D eigenvalue weighted by Gasteiger charge is 2.47. The molecule has 0 saturated heterocycles. The van der Waals surface area contributed by atoms with Gasteiger partial charge in [-0.25, -0.2) is 4.79 Å². The van der Waals surface area contributed by atoms with Gasteiger partial charge >= 0.3 is 5.97 Å². The van der Waals surface area contributed by atoms with E-state index in [1.807, 2.05) is 54.6 Å². The van der Waals surface area contributed by atoms with Gasteiger partial charge in [-0.15, -0.1) is 0 Å². The highest BCUT2D eigenvalue weighted by atomic mass is 16.6. The lowest BCUT2D eigenvalue weighted by Gasteiger charge is -2.27. The first-order valence-electron chi connectivity index (χ1n) is 11.9. The Bertz CT molecular complexity index is 1480. The van der Waals surface area contributed by atoms with Crippen molar-refractivity contribution in [2.45, 2.75) is 25.6 Å². The van der Waals surface area contributed by atoms with Gasteiger partial charge in [0.05, 0.1) is 30.9 Å². The fraction of sp³-hybridized carbons (Fsp3) is 0.207. The van der Waals surface area contributed by atoms with Gasteiger partial charge in [-0.1, -0.05) is 54.6 Å². The first-order valence-corrected chi connectivity index (χ1v) is 11.9. The zero-order chi connectivity index (χ0) is 25.8. The molecule has 5 rings (SSSR count). The van der Waals surface area contributed by atoms with Crippen molar-refractivity contribution >= 4 is 28.5 Å². The second-order valence-electron chi connectivity index (χ2n) is 8.69. The van der Waals surface area contributed by atoms with E-state index in [4.69, 9.17) is 18.6 Å². The number of carbonyl (C=O) groups excluding carboxylic acids is 2. The van der Waals surface area contributed by atoms with Crippen LogP contribution in [0.2, 0.25) is 0 Å². The second-order valence-corrected chi connectivity index (χ2v) is 8.69. The van der Waals surface area contributed by atoms with Crippen molar-refractivity contribution in [3.05, 3.63) is 106 Å². The number of para-hydroxylation sites is 2. The molecule has 8 nitrogen and oxygen atoms in total. The monoisotopic (exact) mass is 499 g/mol. The van der Waals surface area contributed by atoms with Crippen LogP contribution < -0.4 is 15.5 Å². The van der Waals surface area contributed by atoms with E-state index in [0.717, 1.165) is 17.2 Å². The average molecular weight is 500 g/mol. The van der Waals surface area contributed by atoms with E-state index in [1.165, 1.54) is 0 Å². The summed E-state index contributed by atoms with van der Waals surface area (Å²) in [6, 6.07) is 23.0. The standard InChI is InChI=1S/C29H25NO7/c1-2-35-27(32)25-15-23(31)21-12-8-13-22(26(21)36-25)30-28(33)29(16-20-11-6-7-14-24(20)37-29)18-34-17-19-9-4-3-5-10-19/h3-15H,2,16-18H2,1H3,(H,30,33). The molecule has 0 aliphatic carbocycles. The van der Waals surface area contributed by atoms with E-state index >= 15 is 0 Å². The first kappa shape index (κ1) is 24.3.